The van der Waals surface area contributed by atoms with Crippen LogP contribution >= 0.6 is 0 Å². The highest BCUT2D eigenvalue weighted by atomic mass is 16.4. The molecule has 2 aromatic rings. The van der Waals surface area contributed by atoms with E-state index in [4.69, 9.17) is 5.11 Å². The number of benzene rings is 1. The molecule has 0 saturated carbocycles. The van der Waals surface area contributed by atoms with Gasteiger partial charge in [-0.05, 0) is 29.8 Å². The van der Waals surface area contributed by atoms with Gasteiger partial charge in [0, 0.05) is 18.9 Å². The van der Waals surface area contributed by atoms with Gasteiger partial charge in [-0.3, -0.25) is 0 Å². The van der Waals surface area contributed by atoms with E-state index in [0.717, 1.165) is 12.1 Å². The van der Waals surface area contributed by atoms with Gasteiger partial charge in [0.2, 0.25) is 0 Å². The fraction of sp³-hybridized carbons (Fsp3) is 0.0833. The van der Waals surface area contributed by atoms with Crippen LogP contribution in [0.4, 0.5) is 0 Å². The van der Waals surface area contributed by atoms with Gasteiger partial charge in [0.1, 0.15) is 0 Å². The van der Waals surface area contributed by atoms with Crippen LogP contribution in [0.1, 0.15) is 15.9 Å². The molecule has 0 bridgehead atoms. The van der Waals surface area contributed by atoms with Gasteiger partial charge in [-0.1, -0.05) is 12.1 Å². The van der Waals surface area contributed by atoms with E-state index in [9.17, 15) is 4.79 Å². The second kappa shape index (κ2) is 4.00. The van der Waals surface area contributed by atoms with Crippen LogP contribution in [0.2, 0.25) is 0 Å². The van der Waals surface area contributed by atoms with E-state index in [0.29, 0.717) is 5.56 Å². The Bertz CT molecular complexity index is 443. The summed E-state index contributed by atoms with van der Waals surface area (Å²) in [7, 11) is 0. The molecular formula is C12H11NO2. The molecule has 3 heteroatoms. The van der Waals surface area contributed by atoms with Crippen LogP contribution in [0, 0.1) is 0 Å². The molecule has 0 saturated heterocycles. The lowest BCUT2D eigenvalue weighted by atomic mass is 10.1. The number of hydrogen-bond donors (Lipinski definition) is 1. The molecule has 0 aliphatic heterocycles. The molecule has 0 aliphatic rings. The molecule has 3 nitrogen and oxygen atoms in total. The summed E-state index contributed by atoms with van der Waals surface area (Å²) in [5.74, 6) is -0.887. The number of carboxylic acids is 1. The van der Waals surface area contributed by atoms with Gasteiger partial charge in [-0.2, -0.15) is 0 Å². The number of aromatic nitrogens is 1. The molecule has 1 N–H and O–H groups in total. The predicted octanol–water partition coefficient (Wildman–Crippen LogP) is 2.23. The normalized spacial score (nSPS) is 10.1. The van der Waals surface area contributed by atoms with Crippen LogP contribution in [-0.2, 0) is 6.54 Å². The fourth-order valence-electron chi connectivity index (χ4n) is 1.44. The maximum absolute atomic E-state index is 10.6. The van der Waals surface area contributed by atoms with E-state index in [2.05, 4.69) is 0 Å². The van der Waals surface area contributed by atoms with Crippen molar-refractivity contribution in [2.75, 3.05) is 0 Å². The number of carbonyl (C=O) groups is 1. The zero-order valence-electron chi connectivity index (χ0n) is 8.13. The topological polar surface area (TPSA) is 42.2 Å². The lowest BCUT2D eigenvalue weighted by Gasteiger charge is -2.03. The summed E-state index contributed by atoms with van der Waals surface area (Å²) in [5, 5.41) is 8.73. The maximum Gasteiger partial charge on any atom is 0.335 e. The van der Waals surface area contributed by atoms with E-state index >= 15 is 0 Å². The van der Waals surface area contributed by atoms with E-state index in [1.54, 1.807) is 12.1 Å². The van der Waals surface area contributed by atoms with E-state index in [1.165, 1.54) is 0 Å². The van der Waals surface area contributed by atoms with Crippen molar-refractivity contribution in [2.24, 2.45) is 0 Å². The van der Waals surface area contributed by atoms with E-state index < -0.39 is 5.97 Å². The Balaban J connectivity index is 2.14. The largest absolute Gasteiger partial charge is 0.478 e. The highest BCUT2D eigenvalue weighted by Crippen LogP contribution is 2.06. The molecule has 1 aromatic heterocycles. The first-order chi connectivity index (χ1) is 7.25. The average Bonchev–Trinajstić information content (AvgIpc) is 2.71. The molecule has 1 heterocycles. The van der Waals surface area contributed by atoms with Crippen molar-refractivity contribution in [3.05, 3.63) is 59.9 Å². The van der Waals surface area contributed by atoms with Gasteiger partial charge in [-0.25, -0.2) is 4.79 Å². The predicted molar refractivity (Wildman–Crippen MR) is 56.9 cm³/mol. The lowest BCUT2D eigenvalue weighted by Crippen LogP contribution is -1.99. The summed E-state index contributed by atoms with van der Waals surface area (Å²) < 4.78 is 2.04. The first-order valence-corrected chi connectivity index (χ1v) is 4.69. The molecule has 2 rings (SSSR count). The molecule has 0 atom stereocenters. The van der Waals surface area contributed by atoms with Gasteiger partial charge in [0.15, 0.2) is 0 Å². The van der Waals surface area contributed by atoms with Gasteiger partial charge in [-0.15, -0.1) is 0 Å². The fourth-order valence-corrected chi connectivity index (χ4v) is 1.44. The Hall–Kier alpha value is -2.03. The second-order valence-electron chi connectivity index (χ2n) is 3.36. The first kappa shape index (κ1) is 9.52. The number of aromatic carboxylic acids is 1. The number of rotatable bonds is 3. The number of carboxylic acid groups (broad SMARTS) is 1. The molecule has 15 heavy (non-hydrogen) atoms. The van der Waals surface area contributed by atoms with Crippen LogP contribution < -0.4 is 0 Å². The van der Waals surface area contributed by atoms with Crippen molar-refractivity contribution < 1.29 is 9.90 Å². The van der Waals surface area contributed by atoms with Crippen LogP contribution in [-0.4, -0.2) is 15.6 Å². The molecule has 1 aromatic carbocycles. The summed E-state index contributed by atoms with van der Waals surface area (Å²) in [5.41, 5.74) is 1.42. The summed E-state index contributed by atoms with van der Waals surface area (Å²) in [6, 6.07) is 10.9. The van der Waals surface area contributed by atoms with E-state index in [-0.39, 0.29) is 0 Å². The molecule has 0 amide bonds. The van der Waals surface area contributed by atoms with Crippen LogP contribution in [0.25, 0.3) is 0 Å². The van der Waals surface area contributed by atoms with Crippen LogP contribution in [0.5, 0.6) is 0 Å². The standard InChI is InChI=1S/C12H11NO2/c14-12(15)11-5-3-10(4-6-11)9-13-7-1-2-8-13/h1-8H,9H2,(H,14,15). The molecule has 0 radical (unpaired) electrons. The lowest BCUT2D eigenvalue weighted by molar-refractivity contribution is 0.0697. The Labute approximate surface area is 87.6 Å². The Morgan fingerprint density at radius 3 is 2.27 bits per heavy atom. The highest BCUT2D eigenvalue weighted by molar-refractivity contribution is 5.87. The van der Waals surface area contributed by atoms with E-state index in [1.807, 2.05) is 41.2 Å². The Morgan fingerprint density at radius 2 is 1.73 bits per heavy atom. The Morgan fingerprint density at radius 1 is 1.13 bits per heavy atom. The summed E-state index contributed by atoms with van der Waals surface area (Å²) in [6.07, 6.45) is 3.95. The first-order valence-electron chi connectivity index (χ1n) is 4.69. The van der Waals surface area contributed by atoms with Gasteiger partial charge >= 0.3 is 5.97 Å². The molecular weight excluding hydrogens is 190 g/mol. The zero-order chi connectivity index (χ0) is 10.7. The minimum Gasteiger partial charge on any atom is -0.478 e. The monoisotopic (exact) mass is 201 g/mol. The van der Waals surface area contributed by atoms with Crippen molar-refractivity contribution in [3.8, 4) is 0 Å². The van der Waals surface area contributed by atoms with Crippen LogP contribution in [0.15, 0.2) is 48.8 Å². The minimum absolute atomic E-state index is 0.325. The third-order valence-electron chi connectivity index (χ3n) is 2.23. The zero-order valence-corrected chi connectivity index (χ0v) is 8.13. The summed E-state index contributed by atoms with van der Waals surface area (Å²) in [4.78, 5) is 10.6. The summed E-state index contributed by atoms with van der Waals surface area (Å²) in [6.45, 7) is 0.771. The number of nitrogens with zero attached hydrogens (tertiary/aromatic N) is 1. The van der Waals surface area contributed by atoms with Crippen LogP contribution in [0.3, 0.4) is 0 Å². The summed E-state index contributed by atoms with van der Waals surface area (Å²) >= 11 is 0. The quantitative estimate of drug-likeness (QED) is 0.827. The van der Waals surface area contributed by atoms with Gasteiger partial charge in [0.25, 0.3) is 0 Å². The molecule has 0 unspecified atom stereocenters. The van der Waals surface area contributed by atoms with Crippen molar-refractivity contribution in [3.63, 3.8) is 0 Å². The van der Waals surface area contributed by atoms with Crippen molar-refractivity contribution in [1.82, 2.24) is 4.57 Å². The maximum atomic E-state index is 10.6. The van der Waals surface area contributed by atoms with Crippen molar-refractivity contribution >= 4 is 5.97 Å². The third kappa shape index (κ3) is 2.26. The molecule has 0 spiro atoms. The highest BCUT2D eigenvalue weighted by Gasteiger charge is 2.01. The number of hydrogen-bond acceptors (Lipinski definition) is 1. The molecule has 76 valence electrons. The second-order valence-corrected chi connectivity index (χ2v) is 3.36. The average molecular weight is 201 g/mol. The smallest absolute Gasteiger partial charge is 0.335 e. The minimum atomic E-state index is -0.887. The molecule has 0 fully saturated rings. The molecule has 0 aliphatic carbocycles. The SMILES string of the molecule is O=C(O)c1ccc(Cn2cccc2)cc1. The van der Waals surface area contributed by atoms with Gasteiger partial charge < -0.3 is 9.67 Å². The van der Waals surface area contributed by atoms with Crippen molar-refractivity contribution in [2.45, 2.75) is 6.54 Å². The Kier molecular flexibility index (Phi) is 2.54. The van der Waals surface area contributed by atoms with Crippen molar-refractivity contribution in [1.29, 1.82) is 0 Å². The van der Waals surface area contributed by atoms with Gasteiger partial charge in [0.05, 0.1) is 5.56 Å². The third-order valence-corrected chi connectivity index (χ3v) is 2.23.